The van der Waals surface area contributed by atoms with Gasteiger partial charge in [-0.2, -0.15) is 0 Å². The molecule has 1 atom stereocenters. The van der Waals surface area contributed by atoms with Crippen molar-refractivity contribution in [3.05, 3.63) is 133 Å². The molecule has 6 heteroatoms. The van der Waals surface area contributed by atoms with Crippen LogP contribution in [0.25, 0.3) is 51.1 Å². The lowest BCUT2D eigenvalue weighted by Gasteiger charge is -2.39. The van der Waals surface area contributed by atoms with Gasteiger partial charge < -0.3 is 4.57 Å². The highest BCUT2D eigenvalue weighted by Gasteiger charge is 2.35. The predicted molar refractivity (Wildman–Crippen MR) is 187 cm³/mol. The first-order valence-corrected chi connectivity index (χ1v) is 16.2. The monoisotopic (exact) mass is 602 g/mol. The van der Waals surface area contributed by atoms with Gasteiger partial charge in [0.25, 0.3) is 0 Å². The molecular formula is C40H38N6. The van der Waals surface area contributed by atoms with E-state index in [4.69, 9.17) is 21.5 Å². The van der Waals surface area contributed by atoms with Gasteiger partial charge in [0, 0.05) is 30.2 Å². The van der Waals surface area contributed by atoms with Crippen LogP contribution in [0.3, 0.4) is 0 Å². The Morgan fingerprint density at radius 1 is 0.783 bits per heavy atom. The van der Waals surface area contributed by atoms with Crippen LogP contribution in [0.15, 0.2) is 116 Å². The number of fused-ring (bicyclic) bond motifs is 3. The highest BCUT2D eigenvalue weighted by atomic mass is 15.1. The van der Waals surface area contributed by atoms with E-state index in [2.05, 4.69) is 77.0 Å². The first kappa shape index (κ1) is 29.5. The first-order chi connectivity index (χ1) is 22.5. The number of aromatic nitrogens is 6. The highest BCUT2D eigenvalue weighted by molar-refractivity contribution is 5.85. The third-order valence-corrected chi connectivity index (χ3v) is 9.78. The molecule has 1 aromatic carbocycles. The van der Waals surface area contributed by atoms with Crippen molar-refractivity contribution in [2.75, 3.05) is 0 Å². The zero-order valence-corrected chi connectivity index (χ0v) is 26.7. The standard InChI is InChI=1S/C40H38N6/c1-5-40(6-2)21-20-29-14-8-7-9-15-32(29)33-24-30(18-19-31(33)27(40)3)46-26-38(43-28(46)4)39-44-36(34-16-10-12-22-41-34)25-37(45-39)35-17-11-13-23-42-35/h7-19,22-26,29H,3,5-6,20-21H2,1-2,4H3. The summed E-state index contributed by atoms with van der Waals surface area (Å²) in [5, 5.41) is 0. The van der Waals surface area contributed by atoms with Crippen LogP contribution in [-0.4, -0.2) is 29.5 Å². The first-order valence-electron chi connectivity index (χ1n) is 16.2. The second-order valence-electron chi connectivity index (χ2n) is 12.2. The molecule has 0 bridgehead atoms. The van der Waals surface area contributed by atoms with Crippen LogP contribution in [0.1, 0.15) is 56.5 Å². The number of allylic oxidation sites excluding steroid dienone is 7. The van der Waals surface area contributed by atoms with E-state index in [1.165, 1.54) is 22.3 Å². The van der Waals surface area contributed by atoms with Crippen LogP contribution in [-0.2, 0) is 0 Å². The summed E-state index contributed by atoms with van der Waals surface area (Å²) < 4.78 is 2.14. The summed E-state index contributed by atoms with van der Waals surface area (Å²) in [6.45, 7) is 11.4. The van der Waals surface area contributed by atoms with Crippen LogP contribution in [0, 0.1) is 18.3 Å². The number of aryl methyl sites for hydroxylation is 1. The van der Waals surface area contributed by atoms with Crippen molar-refractivity contribution in [3.8, 4) is 40.0 Å². The van der Waals surface area contributed by atoms with E-state index in [0.717, 1.165) is 60.0 Å². The number of benzene rings is 1. The predicted octanol–water partition coefficient (Wildman–Crippen LogP) is 9.50. The second kappa shape index (κ2) is 12.3. The smallest absolute Gasteiger partial charge is 0.181 e. The molecule has 0 amide bonds. The number of hydrogen-bond acceptors (Lipinski definition) is 5. The van der Waals surface area contributed by atoms with E-state index in [1.54, 1.807) is 12.4 Å². The lowest BCUT2D eigenvalue weighted by Crippen LogP contribution is -2.25. The van der Waals surface area contributed by atoms with Gasteiger partial charge in [-0.3, -0.25) is 9.97 Å². The van der Waals surface area contributed by atoms with Crippen molar-refractivity contribution in [1.82, 2.24) is 29.5 Å². The van der Waals surface area contributed by atoms with Gasteiger partial charge in [0.15, 0.2) is 5.82 Å². The summed E-state index contributed by atoms with van der Waals surface area (Å²) in [5.41, 5.74) is 9.90. The van der Waals surface area contributed by atoms with E-state index >= 15 is 0 Å². The molecule has 0 aliphatic heterocycles. The van der Waals surface area contributed by atoms with Gasteiger partial charge in [-0.1, -0.05) is 69.0 Å². The Bertz CT molecular complexity index is 1940. The fraction of sp³-hybridized carbons (Fsp3) is 0.225. The Hall–Kier alpha value is -5.23. The van der Waals surface area contributed by atoms with E-state index in [0.29, 0.717) is 17.4 Å². The molecule has 228 valence electrons. The number of rotatable bonds is 6. The maximum atomic E-state index is 4.98. The lowest BCUT2D eigenvalue weighted by atomic mass is 9.65. The maximum absolute atomic E-state index is 4.98. The highest BCUT2D eigenvalue weighted by Crippen LogP contribution is 2.50. The second-order valence-corrected chi connectivity index (χ2v) is 12.2. The van der Waals surface area contributed by atoms with E-state index < -0.39 is 0 Å². The van der Waals surface area contributed by atoms with Crippen LogP contribution < -0.4 is 0 Å². The number of imidazole rings is 1. The van der Waals surface area contributed by atoms with Gasteiger partial charge >= 0.3 is 0 Å². The maximum Gasteiger partial charge on any atom is 0.181 e. The largest absolute Gasteiger partial charge is 0.303 e. The Morgan fingerprint density at radius 3 is 2.15 bits per heavy atom. The minimum atomic E-state index is 0.0920. The molecule has 0 spiro atoms. The molecule has 4 heterocycles. The molecule has 7 rings (SSSR count). The molecule has 46 heavy (non-hydrogen) atoms. The van der Waals surface area contributed by atoms with Crippen molar-refractivity contribution < 1.29 is 0 Å². The van der Waals surface area contributed by atoms with Crippen molar-refractivity contribution in [3.63, 3.8) is 0 Å². The molecule has 0 fully saturated rings. The summed E-state index contributed by atoms with van der Waals surface area (Å²) in [6.07, 6.45) is 21.1. The fourth-order valence-electron chi connectivity index (χ4n) is 6.97. The number of pyridine rings is 2. The summed E-state index contributed by atoms with van der Waals surface area (Å²) in [6, 6.07) is 20.4. The van der Waals surface area contributed by atoms with E-state index in [9.17, 15) is 0 Å². The molecule has 6 nitrogen and oxygen atoms in total. The van der Waals surface area contributed by atoms with Gasteiger partial charge in [0.1, 0.15) is 11.5 Å². The molecule has 0 saturated heterocycles. The third-order valence-electron chi connectivity index (χ3n) is 9.78. The van der Waals surface area contributed by atoms with Gasteiger partial charge in [-0.15, -0.1) is 0 Å². The normalized spacial score (nSPS) is 17.0. The topological polar surface area (TPSA) is 69.4 Å². The summed E-state index contributed by atoms with van der Waals surface area (Å²) >= 11 is 0. The van der Waals surface area contributed by atoms with Gasteiger partial charge in [-0.25, -0.2) is 15.0 Å². The van der Waals surface area contributed by atoms with Gasteiger partial charge in [-0.05, 0) is 103 Å². The van der Waals surface area contributed by atoms with Crippen molar-refractivity contribution >= 4 is 11.1 Å². The molecule has 0 N–H and O–H groups in total. The number of nitrogens with zero attached hydrogens (tertiary/aromatic N) is 6. The van der Waals surface area contributed by atoms with E-state index in [-0.39, 0.29) is 5.41 Å². The van der Waals surface area contributed by atoms with Crippen LogP contribution in [0.5, 0.6) is 0 Å². The summed E-state index contributed by atoms with van der Waals surface area (Å²) in [4.78, 5) is 24.0. The van der Waals surface area contributed by atoms with Crippen molar-refractivity contribution in [2.45, 2.75) is 46.5 Å². The molecular weight excluding hydrogens is 564 g/mol. The summed E-state index contributed by atoms with van der Waals surface area (Å²) in [7, 11) is 0. The lowest BCUT2D eigenvalue weighted by molar-refractivity contribution is 0.322. The third kappa shape index (κ3) is 5.34. The Morgan fingerprint density at radius 2 is 1.50 bits per heavy atom. The summed E-state index contributed by atoms with van der Waals surface area (Å²) in [5.74, 6) is 1.73. The SMILES string of the molecule is C=C1c2ccc(-n3cc(-c4nc(-c5ccccn5)cc(-c5ccccn5)n4)nc3C)cc2C2=CC=CC=CC2CCC1(CC)CC. The molecule has 5 aromatic rings. The van der Waals surface area contributed by atoms with Gasteiger partial charge in [0.05, 0.1) is 22.8 Å². The fourth-order valence-corrected chi connectivity index (χ4v) is 6.97. The van der Waals surface area contributed by atoms with E-state index in [1.807, 2.05) is 55.6 Å². The van der Waals surface area contributed by atoms with Crippen LogP contribution in [0.2, 0.25) is 0 Å². The number of hydrogen-bond donors (Lipinski definition) is 0. The molecule has 4 aromatic heterocycles. The molecule has 0 radical (unpaired) electrons. The average molecular weight is 603 g/mol. The molecule has 2 aliphatic rings. The van der Waals surface area contributed by atoms with Crippen LogP contribution in [0.4, 0.5) is 0 Å². The Kier molecular flexibility index (Phi) is 7.87. The minimum absolute atomic E-state index is 0.0920. The molecule has 0 saturated carbocycles. The van der Waals surface area contributed by atoms with Crippen LogP contribution >= 0.6 is 0 Å². The van der Waals surface area contributed by atoms with Crippen molar-refractivity contribution in [1.29, 1.82) is 0 Å². The molecule has 1 unspecified atom stereocenters. The van der Waals surface area contributed by atoms with Crippen molar-refractivity contribution in [2.24, 2.45) is 11.3 Å². The average Bonchev–Trinajstić information content (AvgIpc) is 3.35. The van der Waals surface area contributed by atoms with Gasteiger partial charge in [0.2, 0.25) is 0 Å². The molecule has 2 aliphatic carbocycles. The zero-order valence-electron chi connectivity index (χ0n) is 26.7. The zero-order chi connectivity index (χ0) is 31.7. The Balaban J connectivity index is 1.35. The quantitative estimate of drug-likeness (QED) is 0.194. The minimum Gasteiger partial charge on any atom is -0.303 e. The Labute approximate surface area is 271 Å².